The summed E-state index contributed by atoms with van der Waals surface area (Å²) in [6.45, 7) is 3.83. The van der Waals surface area contributed by atoms with Gasteiger partial charge in [0.2, 0.25) is 5.91 Å². The van der Waals surface area contributed by atoms with Gasteiger partial charge in [-0.25, -0.2) is 4.98 Å². The first-order valence-corrected chi connectivity index (χ1v) is 10.0. The summed E-state index contributed by atoms with van der Waals surface area (Å²) in [6.07, 6.45) is 7.88. The molecule has 1 unspecified atom stereocenters. The number of rotatable bonds is 5. The molecule has 4 heteroatoms. The smallest absolute Gasteiger partial charge is 0.230 e. The highest BCUT2D eigenvalue weighted by atomic mass is 16.2. The maximum atomic E-state index is 13.2. The van der Waals surface area contributed by atoms with E-state index in [1.165, 1.54) is 10.9 Å². The fraction of sp³-hybridized carbons (Fsp3) is 0.391. The van der Waals surface area contributed by atoms with Crippen molar-refractivity contribution in [2.24, 2.45) is 0 Å². The Balaban J connectivity index is 1.46. The minimum Gasteiger partial charge on any atom is -0.346 e. The molecule has 1 N–H and O–H groups in total. The largest absolute Gasteiger partial charge is 0.346 e. The van der Waals surface area contributed by atoms with Crippen molar-refractivity contribution in [2.45, 2.75) is 44.4 Å². The van der Waals surface area contributed by atoms with E-state index in [0.717, 1.165) is 50.0 Å². The van der Waals surface area contributed by atoms with E-state index in [4.69, 9.17) is 0 Å². The van der Waals surface area contributed by atoms with E-state index in [-0.39, 0.29) is 5.92 Å². The SMILES string of the molecule is CCCC(C(=O)N1CCC(c2c[nH]c3ncccc23)CC1)c1ccccc1. The second kappa shape index (κ2) is 7.95. The zero-order valence-electron chi connectivity index (χ0n) is 15.9. The topological polar surface area (TPSA) is 49.0 Å². The highest BCUT2D eigenvalue weighted by Crippen LogP contribution is 2.34. The first kappa shape index (κ1) is 17.8. The van der Waals surface area contributed by atoms with E-state index in [1.54, 1.807) is 0 Å². The zero-order chi connectivity index (χ0) is 18.6. The lowest BCUT2D eigenvalue weighted by Gasteiger charge is -2.34. The third kappa shape index (κ3) is 3.61. The summed E-state index contributed by atoms with van der Waals surface area (Å²) in [5, 5.41) is 1.22. The molecule has 1 fully saturated rings. The van der Waals surface area contributed by atoms with Crippen LogP contribution in [0.2, 0.25) is 0 Å². The van der Waals surface area contributed by atoms with Crippen molar-refractivity contribution in [3.05, 3.63) is 66.0 Å². The van der Waals surface area contributed by atoms with Crippen LogP contribution in [0, 0.1) is 0 Å². The summed E-state index contributed by atoms with van der Waals surface area (Å²) in [5.74, 6) is 0.778. The van der Waals surface area contributed by atoms with Gasteiger partial charge in [0.25, 0.3) is 0 Å². The number of H-pyrrole nitrogens is 1. The summed E-state index contributed by atoms with van der Waals surface area (Å²) < 4.78 is 0. The van der Waals surface area contributed by atoms with Gasteiger partial charge in [-0.2, -0.15) is 0 Å². The van der Waals surface area contributed by atoms with Gasteiger partial charge in [-0.1, -0.05) is 43.7 Å². The first-order chi connectivity index (χ1) is 13.3. The maximum Gasteiger partial charge on any atom is 0.230 e. The van der Waals surface area contributed by atoms with E-state index in [1.807, 2.05) is 30.5 Å². The van der Waals surface area contributed by atoms with Gasteiger partial charge in [-0.15, -0.1) is 0 Å². The van der Waals surface area contributed by atoms with Crippen LogP contribution in [0.15, 0.2) is 54.9 Å². The molecule has 1 amide bonds. The number of fused-ring (bicyclic) bond motifs is 1. The van der Waals surface area contributed by atoms with Crippen LogP contribution >= 0.6 is 0 Å². The van der Waals surface area contributed by atoms with Crippen molar-refractivity contribution in [2.75, 3.05) is 13.1 Å². The first-order valence-electron chi connectivity index (χ1n) is 10.0. The number of aromatic amines is 1. The van der Waals surface area contributed by atoms with Crippen LogP contribution in [0.4, 0.5) is 0 Å². The van der Waals surface area contributed by atoms with Crippen LogP contribution in [0.25, 0.3) is 11.0 Å². The highest BCUT2D eigenvalue weighted by molar-refractivity contribution is 5.84. The number of carbonyl (C=O) groups excluding carboxylic acids is 1. The summed E-state index contributed by atoms with van der Waals surface area (Å²) in [7, 11) is 0. The average molecular weight is 361 g/mol. The van der Waals surface area contributed by atoms with E-state index in [2.05, 4.69) is 46.2 Å². The third-order valence-corrected chi connectivity index (χ3v) is 5.81. The third-order valence-electron chi connectivity index (χ3n) is 5.81. The Morgan fingerprint density at radius 1 is 1.19 bits per heavy atom. The lowest BCUT2D eigenvalue weighted by molar-refractivity contribution is -0.134. The molecule has 1 aliphatic heterocycles. The Morgan fingerprint density at radius 3 is 2.70 bits per heavy atom. The van der Waals surface area contributed by atoms with Crippen molar-refractivity contribution in [1.29, 1.82) is 0 Å². The summed E-state index contributed by atoms with van der Waals surface area (Å²) in [4.78, 5) is 23.0. The van der Waals surface area contributed by atoms with Crippen LogP contribution in [-0.2, 0) is 4.79 Å². The molecule has 3 heterocycles. The van der Waals surface area contributed by atoms with Gasteiger partial charge in [0.05, 0.1) is 5.92 Å². The molecule has 1 aromatic carbocycles. The molecule has 140 valence electrons. The molecule has 0 aliphatic carbocycles. The van der Waals surface area contributed by atoms with Gasteiger partial charge in [0.1, 0.15) is 5.65 Å². The van der Waals surface area contributed by atoms with E-state index in [0.29, 0.717) is 11.8 Å². The fourth-order valence-electron chi connectivity index (χ4n) is 4.35. The normalized spacial score (nSPS) is 16.6. The van der Waals surface area contributed by atoms with Gasteiger partial charge < -0.3 is 9.88 Å². The van der Waals surface area contributed by atoms with E-state index < -0.39 is 0 Å². The molecule has 0 saturated carbocycles. The number of carbonyl (C=O) groups is 1. The van der Waals surface area contributed by atoms with Gasteiger partial charge in [0.15, 0.2) is 0 Å². The van der Waals surface area contributed by atoms with Crippen LogP contribution in [0.1, 0.15) is 55.6 Å². The van der Waals surface area contributed by atoms with Crippen molar-refractivity contribution < 1.29 is 4.79 Å². The monoisotopic (exact) mass is 361 g/mol. The fourth-order valence-corrected chi connectivity index (χ4v) is 4.35. The van der Waals surface area contributed by atoms with Gasteiger partial charge in [-0.05, 0) is 48.4 Å². The molecule has 2 aromatic heterocycles. The number of nitrogens with zero attached hydrogens (tertiary/aromatic N) is 2. The number of amides is 1. The van der Waals surface area contributed by atoms with Crippen LogP contribution in [0.5, 0.6) is 0 Å². The summed E-state index contributed by atoms with van der Waals surface area (Å²) >= 11 is 0. The number of aromatic nitrogens is 2. The number of benzene rings is 1. The minimum atomic E-state index is -0.00922. The molecule has 0 spiro atoms. The maximum absolute atomic E-state index is 13.2. The molecule has 27 heavy (non-hydrogen) atoms. The molecule has 3 aromatic rings. The average Bonchev–Trinajstić information content (AvgIpc) is 3.16. The molecule has 0 bridgehead atoms. The molecule has 1 saturated heterocycles. The van der Waals surface area contributed by atoms with Crippen molar-refractivity contribution >= 4 is 16.9 Å². The standard InChI is InChI=1S/C23H27N3O/c1-2-7-19(17-8-4-3-5-9-17)23(27)26-14-11-18(12-15-26)21-16-25-22-20(21)10-6-13-24-22/h3-6,8-10,13,16,18-19H,2,7,11-12,14-15H2,1H3,(H,24,25). The zero-order valence-corrected chi connectivity index (χ0v) is 15.9. The molecule has 1 atom stereocenters. The number of nitrogens with one attached hydrogen (secondary N) is 1. The molecule has 0 radical (unpaired) electrons. The molecular weight excluding hydrogens is 334 g/mol. The van der Waals surface area contributed by atoms with Gasteiger partial charge >= 0.3 is 0 Å². The second-order valence-corrected chi connectivity index (χ2v) is 7.50. The van der Waals surface area contributed by atoms with Crippen molar-refractivity contribution in [3.8, 4) is 0 Å². The number of hydrogen-bond acceptors (Lipinski definition) is 2. The van der Waals surface area contributed by atoms with Crippen LogP contribution in [0.3, 0.4) is 0 Å². The van der Waals surface area contributed by atoms with Crippen LogP contribution < -0.4 is 0 Å². The highest BCUT2D eigenvalue weighted by Gasteiger charge is 2.30. The molecular formula is C23H27N3O. The Hall–Kier alpha value is -2.62. The Morgan fingerprint density at radius 2 is 1.96 bits per heavy atom. The molecule has 1 aliphatic rings. The summed E-state index contributed by atoms with van der Waals surface area (Å²) in [5.41, 5.74) is 3.45. The molecule has 4 nitrogen and oxygen atoms in total. The second-order valence-electron chi connectivity index (χ2n) is 7.50. The van der Waals surface area contributed by atoms with Crippen molar-refractivity contribution in [1.82, 2.24) is 14.9 Å². The lowest BCUT2D eigenvalue weighted by Crippen LogP contribution is -2.40. The van der Waals surface area contributed by atoms with Crippen LogP contribution in [-0.4, -0.2) is 33.9 Å². The molecule has 4 rings (SSSR count). The Bertz CT molecular complexity index is 894. The van der Waals surface area contributed by atoms with Crippen molar-refractivity contribution in [3.63, 3.8) is 0 Å². The predicted octanol–water partition coefficient (Wildman–Crippen LogP) is 4.85. The van der Waals surface area contributed by atoms with Gasteiger partial charge in [0, 0.05) is 30.9 Å². The van der Waals surface area contributed by atoms with Gasteiger partial charge in [-0.3, -0.25) is 4.79 Å². The summed E-state index contributed by atoms with van der Waals surface area (Å²) in [6, 6.07) is 14.4. The number of pyridine rings is 1. The quantitative estimate of drug-likeness (QED) is 0.706. The lowest BCUT2D eigenvalue weighted by atomic mass is 9.87. The minimum absolute atomic E-state index is 0.00922. The van der Waals surface area contributed by atoms with E-state index >= 15 is 0 Å². The Labute approximate surface area is 160 Å². The number of hydrogen-bond donors (Lipinski definition) is 1. The van der Waals surface area contributed by atoms with E-state index in [9.17, 15) is 4.79 Å². The Kier molecular flexibility index (Phi) is 5.23. The predicted molar refractivity (Wildman–Crippen MR) is 109 cm³/mol. The number of likely N-dealkylation sites (tertiary alicyclic amines) is 1. The number of piperidine rings is 1.